The second kappa shape index (κ2) is 16.4. The first kappa shape index (κ1) is 29.7. The van der Waals surface area contributed by atoms with Crippen LogP contribution in [0.5, 0.6) is 0 Å². The van der Waals surface area contributed by atoms with Gasteiger partial charge in [-0.25, -0.2) is 0 Å². The normalized spacial score (nSPS) is 16.2. The van der Waals surface area contributed by atoms with Gasteiger partial charge in [-0.05, 0) is 32.1 Å². The first-order chi connectivity index (χ1) is 14.8. The molecule has 0 aliphatic heterocycles. The molecule has 3 atom stereocenters. The Labute approximate surface area is 189 Å². The van der Waals surface area contributed by atoms with E-state index in [0.717, 1.165) is 38.5 Å². The monoisotopic (exact) mass is 442 g/mol. The Morgan fingerprint density at radius 3 is 1.58 bits per heavy atom. The number of hydrogen-bond acceptors (Lipinski definition) is 6. The average Bonchev–Trinajstić information content (AvgIpc) is 2.77. The van der Waals surface area contributed by atoms with Crippen LogP contribution in [0.15, 0.2) is 0 Å². The summed E-state index contributed by atoms with van der Waals surface area (Å²) in [5.74, 6) is -2.82. The molecule has 0 saturated carbocycles. The van der Waals surface area contributed by atoms with Gasteiger partial charge in [0.2, 0.25) is 0 Å². The minimum Gasteiger partial charge on any atom is -0.440 e. The van der Waals surface area contributed by atoms with Gasteiger partial charge in [-0.3, -0.25) is 14.4 Å². The van der Waals surface area contributed by atoms with Crippen molar-refractivity contribution < 1.29 is 29.3 Å². The van der Waals surface area contributed by atoms with Gasteiger partial charge in [-0.2, -0.15) is 0 Å². The number of aliphatic hydroxyl groups is 2. The van der Waals surface area contributed by atoms with E-state index in [1.807, 2.05) is 34.6 Å². The summed E-state index contributed by atoms with van der Waals surface area (Å²) in [7, 11) is 0. The number of Topliss-reactive ketones (excluding diaryl/α,β-unsaturated/α-hetero) is 2. The summed E-state index contributed by atoms with van der Waals surface area (Å²) in [5.41, 5.74) is -2.33. The molecule has 0 radical (unpaired) electrons. The highest BCUT2D eigenvalue weighted by molar-refractivity contribution is 6.14. The van der Waals surface area contributed by atoms with Crippen molar-refractivity contribution in [3.8, 4) is 0 Å². The molecular weight excluding hydrogens is 396 g/mol. The smallest absolute Gasteiger partial charge is 0.307 e. The van der Waals surface area contributed by atoms with Crippen LogP contribution in [-0.2, 0) is 19.1 Å². The van der Waals surface area contributed by atoms with Crippen LogP contribution in [0.4, 0.5) is 0 Å². The number of ether oxygens (including phenoxy) is 1. The van der Waals surface area contributed by atoms with Crippen LogP contribution in [0.25, 0.3) is 0 Å². The minimum atomic E-state index is -2.33. The van der Waals surface area contributed by atoms with Gasteiger partial charge in [0, 0.05) is 18.3 Å². The first-order valence-electron chi connectivity index (χ1n) is 12.4. The van der Waals surface area contributed by atoms with Gasteiger partial charge in [0.1, 0.15) is 6.10 Å². The van der Waals surface area contributed by atoms with Crippen molar-refractivity contribution in [2.45, 2.75) is 123 Å². The van der Waals surface area contributed by atoms with Crippen molar-refractivity contribution in [3.63, 3.8) is 0 Å². The second-order valence-electron chi connectivity index (χ2n) is 8.59. The highest BCUT2D eigenvalue weighted by Crippen LogP contribution is 2.33. The molecular formula is C25H46O6. The zero-order valence-corrected chi connectivity index (χ0v) is 20.5. The number of ketones is 2. The van der Waals surface area contributed by atoms with Crippen LogP contribution in [-0.4, -0.2) is 46.1 Å². The molecule has 0 aromatic heterocycles. The van der Waals surface area contributed by atoms with Crippen LogP contribution >= 0.6 is 0 Å². The van der Waals surface area contributed by atoms with Crippen LogP contribution in [0.1, 0.15) is 112 Å². The zero-order chi connectivity index (χ0) is 23.9. The Morgan fingerprint density at radius 1 is 0.774 bits per heavy atom. The third-order valence-corrected chi connectivity index (χ3v) is 6.17. The highest BCUT2D eigenvalue weighted by Gasteiger charge is 2.57. The molecule has 0 aliphatic carbocycles. The maximum absolute atomic E-state index is 13.7. The first-order valence-corrected chi connectivity index (χ1v) is 12.4. The molecule has 6 heteroatoms. The fraction of sp³-hybridized carbons (Fsp3) is 0.880. The third kappa shape index (κ3) is 8.64. The van der Waals surface area contributed by atoms with Gasteiger partial charge in [0.05, 0.1) is 6.61 Å². The standard InChI is InChI=1S/C25H46O6/c1-6-11-14-17-22(28)31-25(21(27)18-26,23(29)19(9-4)15-12-7-2)24(30)20(10-5)16-13-8-3/h19-21,26-27H,6-18H2,1-5H3. The molecule has 0 aliphatic rings. The summed E-state index contributed by atoms with van der Waals surface area (Å²) < 4.78 is 5.64. The lowest BCUT2D eigenvalue weighted by Gasteiger charge is -2.38. The molecule has 0 amide bonds. The van der Waals surface area contributed by atoms with E-state index in [1.165, 1.54) is 0 Å². The summed E-state index contributed by atoms with van der Waals surface area (Å²) in [5, 5.41) is 20.6. The van der Waals surface area contributed by atoms with Crippen molar-refractivity contribution in [1.29, 1.82) is 0 Å². The van der Waals surface area contributed by atoms with Gasteiger partial charge in [0.15, 0.2) is 11.6 Å². The van der Waals surface area contributed by atoms with E-state index in [2.05, 4.69) is 0 Å². The Hall–Kier alpha value is -1.27. The van der Waals surface area contributed by atoms with Crippen molar-refractivity contribution in [1.82, 2.24) is 0 Å². The zero-order valence-electron chi connectivity index (χ0n) is 20.5. The van der Waals surface area contributed by atoms with E-state index in [9.17, 15) is 24.6 Å². The van der Waals surface area contributed by atoms with Crippen molar-refractivity contribution >= 4 is 17.5 Å². The topological polar surface area (TPSA) is 101 Å². The molecule has 0 aromatic rings. The molecule has 3 unspecified atom stereocenters. The maximum atomic E-state index is 13.7. The second-order valence-corrected chi connectivity index (χ2v) is 8.59. The van der Waals surface area contributed by atoms with Crippen LogP contribution in [0.3, 0.4) is 0 Å². The average molecular weight is 443 g/mol. The Morgan fingerprint density at radius 2 is 1.23 bits per heavy atom. The van der Waals surface area contributed by atoms with E-state index in [-0.39, 0.29) is 6.42 Å². The van der Waals surface area contributed by atoms with Crippen LogP contribution in [0, 0.1) is 11.8 Å². The van der Waals surface area contributed by atoms with Gasteiger partial charge in [0.25, 0.3) is 5.60 Å². The van der Waals surface area contributed by atoms with Gasteiger partial charge < -0.3 is 14.9 Å². The molecule has 0 aromatic carbocycles. The number of aliphatic hydroxyl groups excluding tert-OH is 2. The number of carbonyl (C=O) groups excluding carboxylic acids is 3. The van der Waals surface area contributed by atoms with Crippen molar-refractivity contribution in [3.05, 3.63) is 0 Å². The van der Waals surface area contributed by atoms with E-state index in [1.54, 1.807) is 0 Å². The number of esters is 1. The summed E-state index contributed by atoms with van der Waals surface area (Å²) in [6, 6.07) is 0. The lowest BCUT2D eigenvalue weighted by atomic mass is 9.73. The van der Waals surface area contributed by atoms with Gasteiger partial charge in [-0.15, -0.1) is 0 Å². The minimum absolute atomic E-state index is 0.0752. The predicted molar refractivity (Wildman–Crippen MR) is 123 cm³/mol. The number of hydrogen-bond donors (Lipinski definition) is 2. The fourth-order valence-corrected chi connectivity index (χ4v) is 4.05. The van der Waals surface area contributed by atoms with Gasteiger partial charge in [-0.1, -0.05) is 73.1 Å². The summed E-state index contributed by atoms with van der Waals surface area (Å²) in [6.45, 7) is 8.94. The summed E-state index contributed by atoms with van der Waals surface area (Å²) in [4.78, 5) is 40.2. The predicted octanol–water partition coefficient (Wildman–Crippen LogP) is 4.77. The largest absolute Gasteiger partial charge is 0.440 e. The fourth-order valence-electron chi connectivity index (χ4n) is 4.05. The number of unbranched alkanes of at least 4 members (excludes halogenated alkanes) is 4. The van der Waals surface area contributed by atoms with Crippen LogP contribution in [0.2, 0.25) is 0 Å². The molecule has 0 fully saturated rings. The SMILES string of the molecule is CCCCCC(=O)OC(C(=O)C(CC)CCCC)(C(=O)C(CC)CCCC)C(O)CO. The molecule has 0 rings (SSSR count). The molecule has 0 bridgehead atoms. The summed E-state index contributed by atoms with van der Waals surface area (Å²) >= 11 is 0. The Balaban J connectivity index is 6.27. The van der Waals surface area contributed by atoms with E-state index >= 15 is 0 Å². The number of carbonyl (C=O) groups is 3. The molecule has 6 nitrogen and oxygen atoms in total. The quantitative estimate of drug-likeness (QED) is 0.170. The van der Waals surface area contributed by atoms with E-state index < -0.39 is 47.7 Å². The Bertz CT molecular complexity index is 502. The van der Waals surface area contributed by atoms with Crippen LogP contribution < -0.4 is 0 Å². The third-order valence-electron chi connectivity index (χ3n) is 6.17. The lowest BCUT2D eigenvalue weighted by molar-refractivity contribution is -0.192. The van der Waals surface area contributed by atoms with E-state index in [4.69, 9.17) is 4.74 Å². The molecule has 182 valence electrons. The maximum Gasteiger partial charge on any atom is 0.307 e. The molecule has 2 N–H and O–H groups in total. The Kier molecular flexibility index (Phi) is 15.7. The highest BCUT2D eigenvalue weighted by atomic mass is 16.6. The molecule has 0 spiro atoms. The van der Waals surface area contributed by atoms with E-state index in [0.29, 0.717) is 32.1 Å². The van der Waals surface area contributed by atoms with Crippen molar-refractivity contribution in [2.24, 2.45) is 11.8 Å². The lowest BCUT2D eigenvalue weighted by Crippen LogP contribution is -2.63. The molecule has 0 saturated heterocycles. The number of rotatable bonds is 19. The molecule has 31 heavy (non-hydrogen) atoms. The van der Waals surface area contributed by atoms with Crippen molar-refractivity contribution in [2.75, 3.05) is 6.61 Å². The summed E-state index contributed by atoms with van der Waals surface area (Å²) in [6.07, 6.45) is 6.06. The molecule has 0 heterocycles. The van der Waals surface area contributed by atoms with Gasteiger partial charge >= 0.3 is 5.97 Å².